The number of aliphatic hydroxyl groups is 2. The Morgan fingerprint density at radius 1 is 1.32 bits per heavy atom. The molecule has 0 saturated carbocycles. The SMILES string of the molecule is CCCC1=CC(O)(Cc2ccccc2Cl)C=C(O)C1C(=O)O. The first-order chi connectivity index (χ1) is 10.4. The van der Waals surface area contributed by atoms with Crippen LogP contribution < -0.4 is 0 Å². The van der Waals surface area contributed by atoms with Crippen molar-refractivity contribution in [2.75, 3.05) is 0 Å². The molecule has 0 aliphatic heterocycles. The van der Waals surface area contributed by atoms with Crippen molar-refractivity contribution in [1.82, 2.24) is 0 Å². The van der Waals surface area contributed by atoms with E-state index in [-0.39, 0.29) is 12.2 Å². The van der Waals surface area contributed by atoms with Crippen LogP contribution in [0.3, 0.4) is 0 Å². The van der Waals surface area contributed by atoms with E-state index in [4.69, 9.17) is 11.6 Å². The number of aliphatic hydroxyl groups excluding tert-OH is 1. The lowest BCUT2D eigenvalue weighted by Gasteiger charge is -2.30. The van der Waals surface area contributed by atoms with Crippen molar-refractivity contribution in [3.8, 4) is 0 Å². The van der Waals surface area contributed by atoms with Gasteiger partial charge in [0.1, 0.15) is 17.3 Å². The van der Waals surface area contributed by atoms with E-state index < -0.39 is 17.5 Å². The summed E-state index contributed by atoms with van der Waals surface area (Å²) in [5.41, 5.74) is -0.188. The maximum absolute atomic E-state index is 11.3. The van der Waals surface area contributed by atoms with Gasteiger partial charge in [-0.1, -0.05) is 43.1 Å². The molecule has 0 radical (unpaired) electrons. The van der Waals surface area contributed by atoms with Gasteiger partial charge in [0.2, 0.25) is 0 Å². The molecule has 0 amide bonds. The van der Waals surface area contributed by atoms with Crippen molar-refractivity contribution in [2.45, 2.75) is 31.8 Å². The summed E-state index contributed by atoms with van der Waals surface area (Å²) in [6.07, 6.45) is 4.15. The van der Waals surface area contributed by atoms with Crippen LogP contribution in [0.25, 0.3) is 0 Å². The fourth-order valence-corrected chi connectivity index (χ4v) is 3.02. The van der Waals surface area contributed by atoms with Gasteiger partial charge in [-0.15, -0.1) is 0 Å². The Hall–Kier alpha value is -1.78. The second-order valence-electron chi connectivity index (χ2n) is 5.57. The Bertz CT molecular complexity index is 635. The van der Waals surface area contributed by atoms with Crippen molar-refractivity contribution in [3.63, 3.8) is 0 Å². The predicted molar refractivity (Wildman–Crippen MR) is 84.9 cm³/mol. The van der Waals surface area contributed by atoms with Crippen LogP contribution in [-0.2, 0) is 11.2 Å². The van der Waals surface area contributed by atoms with Gasteiger partial charge >= 0.3 is 5.97 Å². The van der Waals surface area contributed by atoms with E-state index in [1.807, 2.05) is 13.0 Å². The van der Waals surface area contributed by atoms with Crippen LogP contribution in [0.1, 0.15) is 25.3 Å². The number of hydrogen-bond acceptors (Lipinski definition) is 3. The van der Waals surface area contributed by atoms with Crippen LogP contribution in [0.2, 0.25) is 5.02 Å². The van der Waals surface area contributed by atoms with Crippen molar-refractivity contribution < 1.29 is 20.1 Å². The van der Waals surface area contributed by atoms with Crippen LogP contribution in [-0.4, -0.2) is 26.9 Å². The Labute approximate surface area is 134 Å². The first-order valence-electron chi connectivity index (χ1n) is 7.18. The molecule has 0 aromatic heterocycles. The summed E-state index contributed by atoms with van der Waals surface area (Å²) in [7, 11) is 0. The standard InChI is InChI=1S/C17H19ClO4/c1-2-5-12-9-17(22,10-14(19)15(12)16(20)21)8-11-6-3-4-7-13(11)18/h3-4,6-7,9-10,15,19,22H,2,5,8H2,1H3,(H,20,21). The molecule has 4 nitrogen and oxygen atoms in total. The molecule has 1 aliphatic carbocycles. The van der Waals surface area contributed by atoms with Crippen LogP contribution in [0.4, 0.5) is 0 Å². The summed E-state index contributed by atoms with van der Waals surface area (Å²) in [5, 5.41) is 30.6. The summed E-state index contributed by atoms with van der Waals surface area (Å²) in [5.74, 6) is -2.52. The van der Waals surface area contributed by atoms with Crippen LogP contribution in [0, 0.1) is 5.92 Å². The largest absolute Gasteiger partial charge is 0.511 e. The molecule has 118 valence electrons. The minimum Gasteiger partial charge on any atom is -0.511 e. The summed E-state index contributed by atoms with van der Waals surface area (Å²) in [6, 6.07) is 7.13. The molecule has 1 aromatic rings. The third kappa shape index (κ3) is 3.51. The number of aliphatic carboxylic acids is 1. The Kier molecular flexibility index (Phi) is 4.94. The maximum atomic E-state index is 11.3. The van der Waals surface area contributed by atoms with Gasteiger partial charge in [0.05, 0.1) is 0 Å². The molecule has 1 aliphatic rings. The maximum Gasteiger partial charge on any atom is 0.318 e. The number of halogens is 1. The predicted octanol–water partition coefficient (Wildman–Crippen LogP) is 3.50. The number of carboxylic acids is 1. The van der Waals surface area contributed by atoms with E-state index in [2.05, 4.69) is 0 Å². The Balaban J connectivity index is 2.37. The lowest BCUT2D eigenvalue weighted by Crippen LogP contribution is -2.34. The van der Waals surface area contributed by atoms with Crippen molar-refractivity contribution in [3.05, 3.63) is 58.3 Å². The summed E-state index contributed by atoms with van der Waals surface area (Å²) >= 11 is 6.11. The highest BCUT2D eigenvalue weighted by Gasteiger charge is 2.36. The topological polar surface area (TPSA) is 77.8 Å². The van der Waals surface area contributed by atoms with E-state index in [0.717, 1.165) is 12.0 Å². The zero-order chi connectivity index (χ0) is 16.3. The van der Waals surface area contributed by atoms with E-state index >= 15 is 0 Å². The van der Waals surface area contributed by atoms with Crippen molar-refractivity contribution in [1.29, 1.82) is 0 Å². The summed E-state index contributed by atoms with van der Waals surface area (Å²) < 4.78 is 0. The zero-order valence-corrected chi connectivity index (χ0v) is 13.0. The molecular weight excluding hydrogens is 304 g/mol. The smallest absolute Gasteiger partial charge is 0.318 e. The van der Waals surface area contributed by atoms with Gasteiger partial charge in [0, 0.05) is 11.4 Å². The van der Waals surface area contributed by atoms with Gasteiger partial charge in [-0.3, -0.25) is 4.79 Å². The number of carbonyl (C=O) groups is 1. The van der Waals surface area contributed by atoms with E-state index in [9.17, 15) is 20.1 Å². The molecule has 2 atom stereocenters. The molecule has 2 unspecified atom stereocenters. The lowest BCUT2D eigenvalue weighted by atomic mass is 9.80. The molecule has 22 heavy (non-hydrogen) atoms. The van der Waals surface area contributed by atoms with E-state index in [0.29, 0.717) is 17.0 Å². The zero-order valence-electron chi connectivity index (χ0n) is 12.3. The van der Waals surface area contributed by atoms with E-state index in [1.165, 1.54) is 6.08 Å². The van der Waals surface area contributed by atoms with Gasteiger partial charge in [0.15, 0.2) is 0 Å². The average molecular weight is 323 g/mol. The number of benzene rings is 1. The van der Waals surface area contributed by atoms with Crippen LogP contribution >= 0.6 is 11.6 Å². The number of carboxylic acid groups (broad SMARTS) is 1. The van der Waals surface area contributed by atoms with Gasteiger partial charge in [0.25, 0.3) is 0 Å². The fourth-order valence-electron chi connectivity index (χ4n) is 2.81. The molecule has 0 fully saturated rings. The molecular formula is C17H19ClO4. The van der Waals surface area contributed by atoms with Crippen molar-refractivity contribution in [2.24, 2.45) is 5.92 Å². The number of hydrogen-bond donors (Lipinski definition) is 3. The average Bonchev–Trinajstić information content (AvgIpc) is 2.40. The first kappa shape index (κ1) is 16.6. The highest BCUT2D eigenvalue weighted by molar-refractivity contribution is 6.31. The van der Waals surface area contributed by atoms with Crippen LogP contribution in [0.15, 0.2) is 47.7 Å². The Morgan fingerprint density at radius 2 is 2.00 bits per heavy atom. The second kappa shape index (κ2) is 6.55. The molecule has 0 heterocycles. The minimum absolute atomic E-state index is 0.177. The molecule has 0 spiro atoms. The Morgan fingerprint density at radius 3 is 2.59 bits per heavy atom. The third-order valence-electron chi connectivity index (χ3n) is 3.72. The first-order valence-corrected chi connectivity index (χ1v) is 7.56. The molecule has 1 aromatic carbocycles. The molecule has 0 bridgehead atoms. The molecule has 5 heteroatoms. The molecule has 2 rings (SSSR count). The highest BCUT2D eigenvalue weighted by Crippen LogP contribution is 2.35. The highest BCUT2D eigenvalue weighted by atomic mass is 35.5. The van der Waals surface area contributed by atoms with Gasteiger partial charge in [-0.2, -0.15) is 0 Å². The summed E-state index contributed by atoms with van der Waals surface area (Å²) in [6.45, 7) is 1.92. The van der Waals surface area contributed by atoms with Gasteiger partial charge < -0.3 is 15.3 Å². The summed E-state index contributed by atoms with van der Waals surface area (Å²) in [4.78, 5) is 11.3. The monoisotopic (exact) mass is 322 g/mol. The quantitative estimate of drug-likeness (QED) is 0.725. The second-order valence-corrected chi connectivity index (χ2v) is 5.98. The normalized spacial score (nSPS) is 24.6. The third-order valence-corrected chi connectivity index (χ3v) is 4.09. The lowest BCUT2D eigenvalue weighted by molar-refractivity contribution is -0.140. The molecule has 0 saturated heterocycles. The van der Waals surface area contributed by atoms with Gasteiger partial charge in [-0.05, 0) is 35.8 Å². The van der Waals surface area contributed by atoms with E-state index in [1.54, 1.807) is 24.3 Å². The number of rotatable bonds is 5. The van der Waals surface area contributed by atoms with Crippen LogP contribution in [0.5, 0.6) is 0 Å². The van der Waals surface area contributed by atoms with Gasteiger partial charge in [-0.25, -0.2) is 0 Å². The minimum atomic E-state index is -1.44. The fraction of sp³-hybridized carbons (Fsp3) is 0.353. The molecule has 3 N–H and O–H groups in total. The van der Waals surface area contributed by atoms with Crippen molar-refractivity contribution >= 4 is 17.6 Å².